The van der Waals surface area contributed by atoms with Crippen molar-refractivity contribution in [3.63, 3.8) is 0 Å². The number of hydrogen-bond acceptors (Lipinski definition) is 5. The molecular weight excluding hydrogens is 477 g/mol. The number of nitrogens with two attached hydrogens (primary N) is 2. The second kappa shape index (κ2) is 10.6. The Balaban J connectivity index is 0.000000509. The summed E-state index contributed by atoms with van der Waals surface area (Å²) < 4.78 is 89.8. The molecule has 3 rings (SSSR count). The predicted molar refractivity (Wildman–Crippen MR) is 108 cm³/mol. The van der Waals surface area contributed by atoms with Gasteiger partial charge in [0.2, 0.25) is 0 Å². The van der Waals surface area contributed by atoms with Gasteiger partial charge in [-0.1, -0.05) is 18.2 Å². The Morgan fingerprint density at radius 3 is 2.32 bits per heavy atom. The summed E-state index contributed by atoms with van der Waals surface area (Å²) in [6.45, 7) is -0.570. The van der Waals surface area contributed by atoms with E-state index in [0.717, 1.165) is 6.07 Å². The highest BCUT2D eigenvalue weighted by molar-refractivity contribution is 5.93. The van der Waals surface area contributed by atoms with E-state index < -0.39 is 36.5 Å². The number of aliphatic carboxylic acids is 1. The summed E-state index contributed by atoms with van der Waals surface area (Å²) in [5.74, 6) is -3.74. The zero-order valence-electron chi connectivity index (χ0n) is 17.3. The maximum Gasteiger partial charge on any atom is 0.490 e. The molecule has 34 heavy (non-hydrogen) atoms. The van der Waals surface area contributed by atoms with E-state index in [1.807, 2.05) is 0 Å². The third-order valence-electron chi connectivity index (χ3n) is 4.25. The molecule has 0 saturated heterocycles. The fourth-order valence-electron chi connectivity index (χ4n) is 2.82. The Bertz CT molecular complexity index is 1140. The Morgan fingerprint density at radius 1 is 1.12 bits per heavy atom. The van der Waals surface area contributed by atoms with Crippen LogP contribution in [0.25, 0.3) is 22.0 Å². The van der Waals surface area contributed by atoms with Crippen LogP contribution < -0.4 is 16.2 Å². The summed E-state index contributed by atoms with van der Waals surface area (Å²) in [5, 5.41) is 12.1. The summed E-state index contributed by atoms with van der Waals surface area (Å²) in [4.78, 5) is 8.90. The first-order valence-corrected chi connectivity index (χ1v) is 9.49. The number of benzene rings is 2. The van der Waals surface area contributed by atoms with Crippen LogP contribution in [0.2, 0.25) is 0 Å². The van der Waals surface area contributed by atoms with Crippen LogP contribution in [-0.4, -0.2) is 46.4 Å². The van der Waals surface area contributed by atoms with E-state index in [0.29, 0.717) is 41.8 Å². The highest BCUT2D eigenvalue weighted by atomic mass is 19.4. The molecule has 0 fully saturated rings. The van der Waals surface area contributed by atoms with Crippen LogP contribution in [0.3, 0.4) is 0 Å². The molecule has 186 valence electrons. The van der Waals surface area contributed by atoms with Crippen LogP contribution in [0.5, 0.6) is 5.75 Å². The number of carboxylic acids is 1. The maximum absolute atomic E-state index is 14.1. The number of aryl methyl sites for hydroxylation is 1. The van der Waals surface area contributed by atoms with Gasteiger partial charge in [-0.15, -0.1) is 0 Å². The Labute approximate surface area is 187 Å². The van der Waals surface area contributed by atoms with Gasteiger partial charge in [0, 0.05) is 17.5 Å². The number of carbonyl (C=O) groups is 1. The summed E-state index contributed by atoms with van der Waals surface area (Å²) in [6.07, 6.45) is -8.97. The fourth-order valence-corrected chi connectivity index (χ4v) is 2.82. The van der Waals surface area contributed by atoms with Gasteiger partial charge in [-0.2, -0.15) is 31.4 Å². The lowest BCUT2D eigenvalue weighted by atomic mass is 10.0. The molecule has 0 atom stereocenters. The van der Waals surface area contributed by atoms with Crippen molar-refractivity contribution in [1.82, 2.24) is 9.78 Å². The van der Waals surface area contributed by atoms with E-state index in [2.05, 4.69) is 5.10 Å². The van der Waals surface area contributed by atoms with Gasteiger partial charge in [0.15, 0.2) is 24.0 Å². The molecule has 2 aromatic carbocycles. The zero-order valence-corrected chi connectivity index (χ0v) is 17.3. The second-order valence-corrected chi connectivity index (χ2v) is 6.81. The monoisotopic (exact) mass is 496 g/mol. The van der Waals surface area contributed by atoms with E-state index >= 15 is 0 Å². The first-order chi connectivity index (χ1) is 15.7. The van der Waals surface area contributed by atoms with E-state index in [9.17, 15) is 30.7 Å². The van der Waals surface area contributed by atoms with Crippen LogP contribution in [-0.2, 0) is 11.3 Å². The van der Waals surface area contributed by atoms with Crippen molar-refractivity contribution in [1.29, 1.82) is 0 Å². The van der Waals surface area contributed by atoms with Crippen molar-refractivity contribution in [3.05, 3.63) is 42.2 Å². The van der Waals surface area contributed by atoms with Crippen molar-refractivity contribution >= 4 is 22.7 Å². The lowest BCUT2D eigenvalue weighted by Crippen LogP contribution is -2.21. The van der Waals surface area contributed by atoms with Crippen molar-refractivity contribution in [2.24, 2.45) is 5.73 Å². The topological polar surface area (TPSA) is 116 Å². The minimum Gasteiger partial charge on any atom is -0.480 e. The molecular formula is C20H19F7N4O3. The van der Waals surface area contributed by atoms with Gasteiger partial charge in [0.05, 0.1) is 5.52 Å². The molecule has 0 aliphatic rings. The van der Waals surface area contributed by atoms with Gasteiger partial charge in [-0.25, -0.2) is 9.18 Å². The van der Waals surface area contributed by atoms with E-state index in [-0.39, 0.29) is 5.56 Å². The number of alkyl halides is 6. The normalized spacial score (nSPS) is 11.8. The van der Waals surface area contributed by atoms with Gasteiger partial charge in [-0.3, -0.25) is 4.68 Å². The summed E-state index contributed by atoms with van der Waals surface area (Å²) in [7, 11) is 0. The number of ether oxygens (including phenoxy) is 1. The Hall–Kier alpha value is -3.55. The molecule has 5 N–H and O–H groups in total. The van der Waals surface area contributed by atoms with Crippen LogP contribution in [0.1, 0.15) is 6.42 Å². The fraction of sp³-hybridized carbons (Fsp3) is 0.300. The SMILES string of the molecule is NCCCn1nc(N)c2ccc(-c3cccc(F)c3OCC(F)(F)F)cc21.O=C(O)C(F)(F)F. The molecule has 0 aliphatic heterocycles. The predicted octanol–water partition coefficient (Wildman–Crippen LogP) is 4.35. The highest BCUT2D eigenvalue weighted by Crippen LogP contribution is 2.36. The summed E-state index contributed by atoms with van der Waals surface area (Å²) >= 11 is 0. The zero-order chi connectivity index (χ0) is 25.7. The standard InChI is InChI=1S/C18H18F4N4O.C2HF3O2/c19-14-4-1-3-12(16(14)27-10-18(20,21)22)11-5-6-13-15(9-11)26(8-2-7-23)25-17(13)24;3-2(4,5)1(6)7/h1,3-6,9H,2,7-8,10,23H2,(H2,24,25);(H,6,7). The van der Waals surface area contributed by atoms with Gasteiger partial charge < -0.3 is 21.3 Å². The van der Waals surface area contributed by atoms with Crippen molar-refractivity contribution in [2.45, 2.75) is 25.3 Å². The molecule has 0 aliphatic carbocycles. The van der Waals surface area contributed by atoms with E-state index in [1.165, 1.54) is 12.1 Å². The average molecular weight is 496 g/mol. The Morgan fingerprint density at radius 2 is 1.76 bits per heavy atom. The quantitative estimate of drug-likeness (QED) is 0.437. The van der Waals surface area contributed by atoms with Gasteiger partial charge in [0.1, 0.15) is 0 Å². The van der Waals surface area contributed by atoms with Gasteiger partial charge >= 0.3 is 18.3 Å². The number of para-hydroxylation sites is 1. The molecule has 0 spiro atoms. The molecule has 3 aromatic rings. The van der Waals surface area contributed by atoms with Crippen LogP contribution in [0.15, 0.2) is 36.4 Å². The molecule has 0 bridgehead atoms. The summed E-state index contributed by atoms with van der Waals surface area (Å²) in [5.41, 5.74) is 12.8. The van der Waals surface area contributed by atoms with Gasteiger partial charge in [-0.05, 0) is 36.7 Å². The lowest BCUT2D eigenvalue weighted by Gasteiger charge is -2.14. The average Bonchev–Trinajstić information content (AvgIpc) is 3.05. The minimum absolute atomic E-state index is 0.214. The van der Waals surface area contributed by atoms with Crippen molar-refractivity contribution < 1.29 is 45.4 Å². The highest BCUT2D eigenvalue weighted by Gasteiger charge is 2.38. The van der Waals surface area contributed by atoms with Crippen molar-refractivity contribution in [2.75, 3.05) is 18.9 Å². The number of halogens is 7. The molecule has 1 aromatic heterocycles. The molecule has 14 heteroatoms. The van der Waals surface area contributed by atoms with Crippen LogP contribution in [0, 0.1) is 5.82 Å². The number of nitrogens with zero attached hydrogens (tertiary/aromatic N) is 2. The number of carboxylic acid groups (broad SMARTS) is 1. The molecule has 0 unspecified atom stereocenters. The summed E-state index contributed by atoms with van der Waals surface area (Å²) in [6, 6.07) is 9.00. The molecule has 0 saturated carbocycles. The Kier molecular flexibility index (Phi) is 8.31. The first-order valence-electron chi connectivity index (χ1n) is 9.49. The molecule has 1 heterocycles. The number of fused-ring (bicyclic) bond motifs is 1. The third-order valence-corrected chi connectivity index (χ3v) is 4.25. The number of rotatable bonds is 6. The third kappa shape index (κ3) is 6.97. The lowest BCUT2D eigenvalue weighted by molar-refractivity contribution is -0.192. The second-order valence-electron chi connectivity index (χ2n) is 6.81. The number of anilines is 1. The molecule has 7 nitrogen and oxygen atoms in total. The van der Waals surface area contributed by atoms with Crippen molar-refractivity contribution in [3.8, 4) is 16.9 Å². The van der Waals surface area contributed by atoms with E-state index in [4.69, 9.17) is 26.1 Å². The molecule has 0 radical (unpaired) electrons. The van der Waals surface area contributed by atoms with Crippen LogP contribution >= 0.6 is 0 Å². The van der Waals surface area contributed by atoms with Gasteiger partial charge in [0.25, 0.3) is 0 Å². The minimum atomic E-state index is -5.08. The largest absolute Gasteiger partial charge is 0.490 e. The van der Waals surface area contributed by atoms with Crippen LogP contribution in [0.4, 0.5) is 36.6 Å². The smallest absolute Gasteiger partial charge is 0.480 e. The van der Waals surface area contributed by atoms with E-state index in [1.54, 1.807) is 22.9 Å². The number of nitrogen functional groups attached to an aromatic ring is 1. The number of hydrogen-bond donors (Lipinski definition) is 3. The first kappa shape index (κ1) is 26.7. The maximum atomic E-state index is 14.1. The number of aromatic nitrogens is 2. The molecule has 0 amide bonds.